The van der Waals surface area contributed by atoms with Crippen LogP contribution in [0.4, 0.5) is 0 Å². The fraction of sp³-hybridized carbons (Fsp3) is 0.500. The van der Waals surface area contributed by atoms with Gasteiger partial charge < -0.3 is 16.0 Å². The lowest BCUT2D eigenvalue weighted by Crippen LogP contribution is -2.36. The molecule has 0 unspecified atom stereocenters. The lowest BCUT2D eigenvalue weighted by molar-refractivity contribution is 0.401. The maximum atomic E-state index is 5.80. The summed E-state index contributed by atoms with van der Waals surface area (Å²) in [5, 5.41) is 3.09. The van der Waals surface area contributed by atoms with Gasteiger partial charge in [-0.2, -0.15) is 0 Å². The van der Waals surface area contributed by atoms with Gasteiger partial charge in [0.25, 0.3) is 0 Å². The molecule has 0 bridgehead atoms. The highest BCUT2D eigenvalue weighted by Gasteiger charge is 2.02. The molecule has 0 aliphatic heterocycles. The molecule has 4 heteroatoms. The molecule has 100 valence electrons. The van der Waals surface area contributed by atoms with Gasteiger partial charge in [0.2, 0.25) is 0 Å². The Morgan fingerprint density at radius 1 is 1.28 bits per heavy atom. The van der Waals surface area contributed by atoms with Crippen LogP contribution >= 0.6 is 0 Å². The molecule has 0 spiro atoms. The lowest BCUT2D eigenvalue weighted by Gasteiger charge is -2.13. The van der Waals surface area contributed by atoms with E-state index in [1.54, 1.807) is 0 Å². The van der Waals surface area contributed by atoms with Crippen molar-refractivity contribution in [2.24, 2.45) is 10.7 Å². The molecule has 0 saturated heterocycles. The Morgan fingerprint density at radius 2 is 1.89 bits per heavy atom. The summed E-state index contributed by atoms with van der Waals surface area (Å²) in [7, 11) is 4.13. The summed E-state index contributed by atoms with van der Waals surface area (Å²) in [6, 6.07) is 8.64. The molecule has 0 amide bonds. The van der Waals surface area contributed by atoms with Crippen molar-refractivity contribution < 1.29 is 0 Å². The number of nitrogens with zero attached hydrogens (tertiary/aromatic N) is 2. The van der Waals surface area contributed by atoms with Crippen LogP contribution in [0.2, 0.25) is 0 Å². The summed E-state index contributed by atoms with van der Waals surface area (Å²) in [4.78, 5) is 6.52. The van der Waals surface area contributed by atoms with E-state index in [1.165, 1.54) is 11.1 Å². The second-order valence-corrected chi connectivity index (χ2v) is 5.01. The molecule has 0 aromatic heterocycles. The summed E-state index contributed by atoms with van der Waals surface area (Å²) in [6.45, 7) is 5.63. The number of aliphatic imine (C=N–C) groups is 1. The van der Waals surface area contributed by atoms with E-state index in [0.29, 0.717) is 18.5 Å². The standard InChI is InChI=1S/C14H24N4/c1-11(2)17-14(15)16-9-12-7-5-6-8-13(12)10-18(3)4/h5-8,11H,9-10H2,1-4H3,(H3,15,16,17). The molecular formula is C14H24N4. The normalized spacial score (nSPS) is 12.2. The van der Waals surface area contributed by atoms with Crippen LogP contribution in [0.15, 0.2) is 29.3 Å². The molecule has 4 nitrogen and oxygen atoms in total. The Balaban J connectivity index is 2.72. The Kier molecular flexibility index (Phi) is 5.65. The fourth-order valence-electron chi connectivity index (χ4n) is 1.72. The molecule has 0 fully saturated rings. The highest BCUT2D eigenvalue weighted by molar-refractivity contribution is 5.78. The van der Waals surface area contributed by atoms with Gasteiger partial charge in [-0.1, -0.05) is 24.3 Å². The van der Waals surface area contributed by atoms with E-state index >= 15 is 0 Å². The molecule has 0 heterocycles. The van der Waals surface area contributed by atoms with Crippen LogP contribution in [-0.2, 0) is 13.1 Å². The van der Waals surface area contributed by atoms with Gasteiger partial charge in [0.1, 0.15) is 0 Å². The van der Waals surface area contributed by atoms with Crippen molar-refractivity contribution in [2.45, 2.75) is 33.0 Å². The van der Waals surface area contributed by atoms with Gasteiger partial charge in [0, 0.05) is 12.6 Å². The fourth-order valence-corrected chi connectivity index (χ4v) is 1.72. The average Bonchev–Trinajstić information content (AvgIpc) is 2.26. The predicted octanol–water partition coefficient (Wildman–Crippen LogP) is 1.56. The summed E-state index contributed by atoms with van der Waals surface area (Å²) in [5.74, 6) is 0.504. The zero-order valence-corrected chi connectivity index (χ0v) is 11.8. The van der Waals surface area contributed by atoms with Crippen molar-refractivity contribution in [3.63, 3.8) is 0 Å². The molecule has 18 heavy (non-hydrogen) atoms. The number of hydrogen-bond acceptors (Lipinski definition) is 2. The number of hydrogen-bond donors (Lipinski definition) is 2. The number of nitrogens with one attached hydrogen (secondary N) is 1. The third kappa shape index (κ3) is 5.19. The van der Waals surface area contributed by atoms with Gasteiger partial charge >= 0.3 is 0 Å². The van der Waals surface area contributed by atoms with Crippen LogP contribution in [0.5, 0.6) is 0 Å². The van der Waals surface area contributed by atoms with Crippen molar-refractivity contribution in [1.29, 1.82) is 0 Å². The first-order valence-electron chi connectivity index (χ1n) is 6.27. The zero-order valence-electron chi connectivity index (χ0n) is 11.8. The largest absolute Gasteiger partial charge is 0.370 e. The van der Waals surface area contributed by atoms with E-state index in [9.17, 15) is 0 Å². The smallest absolute Gasteiger partial charge is 0.189 e. The van der Waals surface area contributed by atoms with Crippen molar-refractivity contribution in [3.8, 4) is 0 Å². The third-order valence-corrected chi connectivity index (χ3v) is 2.46. The van der Waals surface area contributed by atoms with E-state index in [0.717, 1.165) is 6.54 Å². The van der Waals surface area contributed by atoms with Crippen LogP contribution in [0.25, 0.3) is 0 Å². The summed E-state index contributed by atoms with van der Waals surface area (Å²) >= 11 is 0. The van der Waals surface area contributed by atoms with E-state index in [-0.39, 0.29) is 0 Å². The molecule has 1 rings (SSSR count). The number of guanidine groups is 1. The minimum atomic E-state index is 0.311. The number of nitrogens with two attached hydrogens (primary N) is 1. The maximum Gasteiger partial charge on any atom is 0.189 e. The first-order valence-corrected chi connectivity index (χ1v) is 6.27. The van der Waals surface area contributed by atoms with Crippen LogP contribution in [0.1, 0.15) is 25.0 Å². The Bertz CT molecular complexity index is 397. The van der Waals surface area contributed by atoms with Crippen molar-refractivity contribution in [2.75, 3.05) is 14.1 Å². The van der Waals surface area contributed by atoms with Gasteiger partial charge in [-0.3, -0.25) is 0 Å². The second-order valence-electron chi connectivity index (χ2n) is 5.01. The first-order chi connectivity index (χ1) is 8.49. The van der Waals surface area contributed by atoms with E-state index in [2.05, 4.69) is 47.5 Å². The highest BCUT2D eigenvalue weighted by Crippen LogP contribution is 2.11. The molecule has 0 aliphatic carbocycles. The van der Waals surface area contributed by atoms with Crippen LogP contribution in [0, 0.1) is 0 Å². The minimum absolute atomic E-state index is 0.311. The molecule has 0 atom stereocenters. The SMILES string of the molecule is CC(C)NC(N)=NCc1ccccc1CN(C)C. The molecule has 1 aromatic carbocycles. The van der Waals surface area contributed by atoms with E-state index < -0.39 is 0 Å². The molecule has 0 saturated carbocycles. The monoisotopic (exact) mass is 248 g/mol. The first kappa shape index (κ1) is 14.5. The van der Waals surface area contributed by atoms with Crippen molar-refractivity contribution >= 4 is 5.96 Å². The molecule has 3 N–H and O–H groups in total. The maximum absolute atomic E-state index is 5.80. The topological polar surface area (TPSA) is 53.6 Å². The van der Waals surface area contributed by atoms with Crippen molar-refractivity contribution in [3.05, 3.63) is 35.4 Å². The van der Waals surface area contributed by atoms with Crippen LogP contribution < -0.4 is 11.1 Å². The van der Waals surface area contributed by atoms with Crippen LogP contribution in [0.3, 0.4) is 0 Å². The molecule has 0 radical (unpaired) electrons. The molecule has 1 aromatic rings. The van der Waals surface area contributed by atoms with Crippen LogP contribution in [-0.4, -0.2) is 31.0 Å². The lowest BCUT2D eigenvalue weighted by atomic mass is 10.1. The number of benzene rings is 1. The summed E-state index contributed by atoms with van der Waals surface area (Å²) in [6.07, 6.45) is 0. The van der Waals surface area contributed by atoms with E-state index in [4.69, 9.17) is 5.73 Å². The second kappa shape index (κ2) is 7.01. The van der Waals surface area contributed by atoms with E-state index in [1.807, 2.05) is 19.9 Å². The van der Waals surface area contributed by atoms with Gasteiger partial charge in [0.05, 0.1) is 6.54 Å². The average molecular weight is 248 g/mol. The highest BCUT2D eigenvalue weighted by atomic mass is 15.1. The molecule has 0 aliphatic rings. The zero-order chi connectivity index (χ0) is 13.5. The minimum Gasteiger partial charge on any atom is -0.370 e. The predicted molar refractivity (Wildman–Crippen MR) is 77.4 cm³/mol. The summed E-state index contributed by atoms with van der Waals surface area (Å²) < 4.78 is 0. The summed E-state index contributed by atoms with van der Waals surface area (Å²) in [5.41, 5.74) is 8.32. The number of rotatable bonds is 5. The van der Waals surface area contributed by atoms with Crippen molar-refractivity contribution in [1.82, 2.24) is 10.2 Å². The van der Waals surface area contributed by atoms with Gasteiger partial charge in [0.15, 0.2) is 5.96 Å². The quantitative estimate of drug-likeness (QED) is 0.614. The third-order valence-electron chi connectivity index (χ3n) is 2.46. The Morgan fingerprint density at radius 3 is 2.44 bits per heavy atom. The van der Waals surface area contributed by atoms with Gasteiger partial charge in [-0.15, -0.1) is 0 Å². The Labute approximate surface area is 110 Å². The Hall–Kier alpha value is -1.55. The van der Waals surface area contributed by atoms with Gasteiger partial charge in [-0.25, -0.2) is 4.99 Å². The molecular weight excluding hydrogens is 224 g/mol. The van der Waals surface area contributed by atoms with Gasteiger partial charge in [-0.05, 0) is 39.1 Å².